The molecule has 0 saturated carbocycles. The van der Waals surface area contributed by atoms with E-state index in [4.69, 9.17) is 11.6 Å². The number of aryl methyl sites for hydroxylation is 1. The SMILES string of the molecule is CS(=O)(=O)c1cc(-n2ccccc2=O)ccc1-n1cc(CCC(=O)c2ccc(Cl)s2)nn1. The Labute approximate surface area is 192 Å². The standard InChI is InChI=1S/C21H17ClN4O4S2/c1-32(29,30)19-12-15(25-11-3-2-4-21(25)28)6-7-16(19)26-13-14(23-24-26)5-8-17(27)18-9-10-20(22)31-18/h2-4,6-7,9-13H,5,8H2,1H3. The number of carbonyl (C=O) groups excluding carboxylic acids is 1. The van der Waals surface area contributed by atoms with E-state index in [0.29, 0.717) is 32.7 Å². The second-order valence-corrected chi connectivity index (χ2v) is 10.7. The van der Waals surface area contributed by atoms with Crippen LogP contribution in [0.1, 0.15) is 21.8 Å². The molecule has 164 valence electrons. The van der Waals surface area contributed by atoms with Gasteiger partial charge < -0.3 is 0 Å². The van der Waals surface area contributed by atoms with Gasteiger partial charge in [-0.1, -0.05) is 22.9 Å². The lowest BCUT2D eigenvalue weighted by Crippen LogP contribution is -2.16. The average Bonchev–Trinajstić information content (AvgIpc) is 3.40. The minimum Gasteiger partial charge on any atom is -0.293 e. The zero-order valence-electron chi connectivity index (χ0n) is 16.8. The van der Waals surface area contributed by atoms with Crippen LogP contribution in [0.5, 0.6) is 0 Å². The number of sulfone groups is 1. The van der Waals surface area contributed by atoms with Crippen molar-refractivity contribution < 1.29 is 13.2 Å². The van der Waals surface area contributed by atoms with E-state index >= 15 is 0 Å². The van der Waals surface area contributed by atoms with Crippen molar-refractivity contribution in [2.75, 3.05) is 6.26 Å². The van der Waals surface area contributed by atoms with Gasteiger partial charge in [0.05, 0.1) is 37.4 Å². The minimum absolute atomic E-state index is 0.00602. The monoisotopic (exact) mass is 488 g/mol. The van der Waals surface area contributed by atoms with Crippen LogP contribution in [0.3, 0.4) is 0 Å². The number of thiophene rings is 1. The summed E-state index contributed by atoms with van der Waals surface area (Å²) >= 11 is 7.10. The molecule has 11 heteroatoms. The maximum Gasteiger partial charge on any atom is 0.255 e. The van der Waals surface area contributed by atoms with Crippen molar-refractivity contribution in [3.63, 3.8) is 0 Å². The van der Waals surface area contributed by atoms with Crippen LogP contribution >= 0.6 is 22.9 Å². The molecule has 8 nitrogen and oxygen atoms in total. The van der Waals surface area contributed by atoms with Crippen LogP contribution in [-0.4, -0.2) is 40.0 Å². The van der Waals surface area contributed by atoms with Crippen LogP contribution in [0.15, 0.2) is 70.6 Å². The third-order valence-electron chi connectivity index (χ3n) is 4.69. The van der Waals surface area contributed by atoms with Crippen molar-refractivity contribution in [3.8, 4) is 11.4 Å². The van der Waals surface area contributed by atoms with E-state index in [1.807, 2.05) is 0 Å². The Balaban J connectivity index is 1.62. The lowest BCUT2D eigenvalue weighted by molar-refractivity contribution is 0.0986. The number of rotatable bonds is 7. The van der Waals surface area contributed by atoms with Gasteiger partial charge in [0, 0.05) is 31.4 Å². The molecule has 0 amide bonds. The Hall–Kier alpha value is -3.08. The van der Waals surface area contributed by atoms with Crippen molar-refractivity contribution in [2.24, 2.45) is 0 Å². The first kappa shape index (κ1) is 22.1. The predicted molar refractivity (Wildman–Crippen MR) is 122 cm³/mol. The van der Waals surface area contributed by atoms with E-state index < -0.39 is 9.84 Å². The number of carbonyl (C=O) groups is 1. The molecule has 0 spiro atoms. The van der Waals surface area contributed by atoms with Crippen LogP contribution in [0.25, 0.3) is 11.4 Å². The first-order valence-corrected chi connectivity index (χ1v) is 12.5. The number of aromatic nitrogens is 4. The molecule has 0 aliphatic heterocycles. The van der Waals surface area contributed by atoms with Crippen LogP contribution < -0.4 is 5.56 Å². The summed E-state index contributed by atoms with van der Waals surface area (Å²) in [6.07, 6.45) is 4.82. The van der Waals surface area contributed by atoms with E-state index in [-0.39, 0.29) is 22.7 Å². The predicted octanol–water partition coefficient (Wildman–Crippen LogP) is 3.35. The molecule has 0 atom stereocenters. The molecule has 1 aromatic carbocycles. The molecule has 0 N–H and O–H groups in total. The highest BCUT2D eigenvalue weighted by atomic mass is 35.5. The van der Waals surface area contributed by atoms with Gasteiger partial charge in [-0.2, -0.15) is 0 Å². The first-order valence-electron chi connectivity index (χ1n) is 9.45. The van der Waals surface area contributed by atoms with Crippen LogP contribution in [0.2, 0.25) is 4.34 Å². The van der Waals surface area contributed by atoms with Crippen molar-refractivity contribution in [1.29, 1.82) is 0 Å². The number of hydrogen-bond donors (Lipinski definition) is 0. The molecule has 0 aliphatic carbocycles. The van der Waals surface area contributed by atoms with Gasteiger partial charge in [-0.15, -0.1) is 16.4 Å². The molecular formula is C21H17ClN4O4S2. The second kappa shape index (κ2) is 8.81. The highest BCUT2D eigenvalue weighted by Gasteiger charge is 2.18. The smallest absolute Gasteiger partial charge is 0.255 e. The molecule has 0 unspecified atom stereocenters. The number of ketones is 1. The summed E-state index contributed by atoms with van der Waals surface area (Å²) in [5.41, 5.74) is 0.985. The summed E-state index contributed by atoms with van der Waals surface area (Å²) in [4.78, 5) is 25.0. The lowest BCUT2D eigenvalue weighted by Gasteiger charge is -2.11. The Kier molecular flexibility index (Phi) is 6.09. The van der Waals surface area contributed by atoms with Gasteiger partial charge in [0.15, 0.2) is 15.6 Å². The molecule has 3 heterocycles. The quantitative estimate of drug-likeness (QED) is 0.369. The van der Waals surface area contributed by atoms with E-state index in [9.17, 15) is 18.0 Å². The third kappa shape index (κ3) is 4.72. The van der Waals surface area contributed by atoms with Crippen LogP contribution in [-0.2, 0) is 16.3 Å². The summed E-state index contributed by atoms with van der Waals surface area (Å²) < 4.78 is 28.2. The first-order chi connectivity index (χ1) is 15.2. The molecule has 0 saturated heterocycles. The van der Waals surface area contributed by atoms with Crippen molar-refractivity contribution >= 4 is 38.6 Å². The van der Waals surface area contributed by atoms with Gasteiger partial charge in [0.1, 0.15) is 0 Å². The van der Waals surface area contributed by atoms with Gasteiger partial charge in [-0.3, -0.25) is 14.2 Å². The largest absolute Gasteiger partial charge is 0.293 e. The average molecular weight is 489 g/mol. The zero-order chi connectivity index (χ0) is 22.9. The van der Waals surface area contributed by atoms with Gasteiger partial charge in [0.2, 0.25) is 0 Å². The van der Waals surface area contributed by atoms with E-state index in [1.165, 1.54) is 32.7 Å². The van der Waals surface area contributed by atoms with Crippen molar-refractivity contribution in [2.45, 2.75) is 17.7 Å². The Morgan fingerprint density at radius 3 is 2.66 bits per heavy atom. The highest BCUT2D eigenvalue weighted by molar-refractivity contribution is 7.90. The normalized spacial score (nSPS) is 11.6. The molecule has 3 aromatic heterocycles. The van der Waals surface area contributed by atoms with Crippen molar-refractivity contribution in [3.05, 3.63) is 86.2 Å². The van der Waals surface area contributed by atoms with E-state index in [0.717, 1.165) is 6.26 Å². The molecule has 0 bridgehead atoms. The maximum absolute atomic E-state index is 12.5. The summed E-state index contributed by atoms with van der Waals surface area (Å²) in [7, 11) is -3.64. The van der Waals surface area contributed by atoms with E-state index in [1.54, 1.807) is 48.8 Å². The summed E-state index contributed by atoms with van der Waals surface area (Å²) in [6.45, 7) is 0. The van der Waals surface area contributed by atoms with Gasteiger partial charge in [-0.25, -0.2) is 13.1 Å². The number of nitrogens with zero attached hydrogens (tertiary/aromatic N) is 4. The number of Topliss-reactive ketones (excluding diaryl/α,β-unsaturated/α-hetero) is 1. The molecule has 4 aromatic rings. The van der Waals surface area contributed by atoms with Crippen LogP contribution in [0, 0.1) is 0 Å². The Bertz CT molecular complexity index is 1470. The second-order valence-electron chi connectivity index (χ2n) is 7.01. The highest BCUT2D eigenvalue weighted by Crippen LogP contribution is 2.24. The van der Waals surface area contributed by atoms with Gasteiger partial charge in [0.25, 0.3) is 5.56 Å². The minimum atomic E-state index is -3.64. The molecule has 4 rings (SSSR count). The lowest BCUT2D eigenvalue weighted by atomic mass is 10.1. The Morgan fingerprint density at radius 2 is 1.97 bits per heavy atom. The Morgan fingerprint density at radius 1 is 1.16 bits per heavy atom. The summed E-state index contributed by atoms with van der Waals surface area (Å²) in [5.74, 6) is -0.0501. The van der Waals surface area contributed by atoms with Gasteiger partial charge in [-0.05, 0) is 36.4 Å². The molecule has 0 radical (unpaired) electrons. The number of halogens is 1. The maximum atomic E-state index is 12.5. The van der Waals surface area contributed by atoms with Crippen LogP contribution in [0.4, 0.5) is 0 Å². The number of hydrogen-bond acceptors (Lipinski definition) is 7. The summed E-state index contributed by atoms with van der Waals surface area (Å²) in [5, 5.41) is 8.11. The molecule has 0 aliphatic rings. The fourth-order valence-electron chi connectivity index (χ4n) is 3.14. The molecular weight excluding hydrogens is 472 g/mol. The van der Waals surface area contributed by atoms with Crippen molar-refractivity contribution in [1.82, 2.24) is 19.6 Å². The summed E-state index contributed by atoms with van der Waals surface area (Å²) in [6, 6.07) is 12.7. The third-order valence-corrected chi connectivity index (χ3v) is 7.09. The number of benzene rings is 1. The molecule has 32 heavy (non-hydrogen) atoms. The fourth-order valence-corrected chi connectivity index (χ4v) is 5.03. The number of pyridine rings is 1. The zero-order valence-corrected chi connectivity index (χ0v) is 19.2. The van der Waals surface area contributed by atoms with Gasteiger partial charge >= 0.3 is 0 Å². The topological polar surface area (TPSA) is 104 Å². The molecule has 0 fully saturated rings. The fraction of sp³-hybridized carbons (Fsp3) is 0.143. The van der Waals surface area contributed by atoms with E-state index in [2.05, 4.69) is 10.3 Å².